The fourth-order valence-corrected chi connectivity index (χ4v) is 5.81. The van der Waals surface area contributed by atoms with Crippen LogP contribution in [0.2, 0.25) is 0 Å². The Morgan fingerprint density at radius 1 is 1.04 bits per heavy atom. The van der Waals surface area contributed by atoms with Gasteiger partial charge in [-0.2, -0.15) is 0 Å². The van der Waals surface area contributed by atoms with E-state index in [0.29, 0.717) is 11.7 Å². The van der Waals surface area contributed by atoms with Crippen LogP contribution in [0, 0.1) is 17.8 Å². The molecule has 2 saturated carbocycles. The van der Waals surface area contributed by atoms with Gasteiger partial charge in [0.2, 0.25) is 0 Å². The molecule has 2 fully saturated rings. The van der Waals surface area contributed by atoms with Crippen molar-refractivity contribution in [2.24, 2.45) is 17.8 Å². The van der Waals surface area contributed by atoms with E-state index in [1.807, 2.05) is 6.07 Å². The highest BCUT2D eigenvalue weighted by Gasteiger charge is 2.45. The third kappa shape index (κ3) is 2.42. The highest BCUT2D eigenvalue weighted by atomic mass is 16.3. The summed E-state index contributed by atoms with van der Waals surface area (Å²) in [6, 6.07) is 4.35. The van der Waals surface area contributed by atoms with E-state index in [1.165, 1.54) is 48.8 Å². The fourth-order valence-electron chi connectivity index (χ4n) is 5.81. The standard InChI is InChI=1S/C21H28O2/c1-2-13-11-20-15(12-21(13)23)4-6-18-17-5-3-14(9-10-22)16(17)7-8-19(18)20/h9,11-12,16-19,22-23H,2-8,10H2,1H3/b14-9-. The van der Waals surface area contributed by atoms with Gasteiger partial charge in [0.1, 0.15) is 5.75 Å². The molecule has 4 atom stereocenters. The van der Waals surface area contributed by atoms with Crippen molar-refractivity contribution < 1.29 is 10.2 Å². The van der Waals surface area contributed by atoms with Gasteiger partial charge in [-0.3, -0.25) is 0 Å². The lowest BCUT2D eigenvalue weighted by Gasteiger charge is -2.44. The second-order valence-electron chi connectivity index (χ2n) is 7.69. The maximum Gasteiger partial charge on any atom is 0.119 e. The molecule has 1 aromatic carbocycles. The van der Waals surface area contributed by atoms with Crippen molar-refractivity contribution in [2.75, 3.05) is 6.61 Å². The molecule has 2 nitrogen and oxygen atoms in total. The van der Waals surface area contributed by atoms with Crippen molar-refractivity contribution in [3.63, 3.8) is 0 Å². The molecule has 0 radical (unpaired) electrons. The Morgan fingerprint density at radius 2 is 1.78 bits per heavy atom. The van der Waals surface area contributed by atoms with Crippen molar-refractivity contribution in [2.45, 2.75) is 57.8 Å². The molecular formula is C21H28O2. The Morgan fingerprint density at radius 3 is 2.57 bits per heavy atom. The van der Waals surface area contributed by atoms with Gasteiger partial charge in [0.25, 0.3) is 0 Å². The molecule has 4 unspecified atom stereocenters. The highest BCUT2D eigenvalue weighted by Crippen LogP contribution is 2.56. The molecule has 2 heteroatoms. The maximum absolute atomic E-state index is 10.2. The van der Waals surface area contributed by atoms with Gasteiger partial charge >= 0.3 is 0 Å². The van der Waals surface area contributed by atoms with E-state index in [1.54, 1.807) is 0 Å². The van der Waals surface area contributed by atoms with Crippen LogP contribution in [0.1, 0.15) is 61.6 Å². The number of phenols is 1. The quantitative estimate of drug-likeness (QED) is 0.798. The summed E-state index contributed by atoms with van der Waals surface area (Å²) in [6.45, 7) is 2.33. The molecule has 0 bridgehead atoms. The Labute approximate surface area is 139 Å². The summed E-state index contributed by atoms with van der Waals surface area (Å²) in [5, 5.41) is 19.4. The first kappa shape index (κ1) is 15.3. The molecule has 23 heavy (non-hydrogen) atoms. The third-order valence-electron chi connectivity index (χ3n) is 6.84. The van der Waals surface area contributed by atoms with Crippen LogP contribution in [0.4, 0.5) is 0 Å². The number of aliphatic hydroxyl groups excluding tert-OH is 1. The number of hydrogen-bond donors (Lipinski definition) is 2. The Hall–Kier alpha value is -1.28. The van der Waals surface area contributed by atoms with Gasteiger partial charge < -0.3 is 10.2 Å². The molecule has 0 aliphatic heterocycles. The Balaban J connectivity index is 1.66. The van der Waals surface area contributed by atoms with Crippen LogP contribution in [0.3, 0.4) is 0 Å². The minimum Gasteiger partial charge on any atom is -0.508 e. The summed E-state index contributed by atoms with van der Waals surface area (Å²) in [5.74, 6) is 3.54. The van der Waals surface area contributed by atoms with Crippen LogP contribution in [-0.2, 0) is 12.8 Å². The van der Waals surface area contributed by atoms with E-state index in [9.17, 15) is 10.2 Å². The van der Waals surface area contributed by atoms with Gasteiger partial charge in [0.05, 0.1) is 6.61 Å². The molecule has 0 amide bonds. The first-order chi connectivity index (χ1) is 11.2. The van der Waals surface area contributed by atoms with E-state index in [-0.39, 0.29) is 6.61 Å². The summed E-state index contributed by atoms with van der Waals surface area (Å²) < 4.78 is 0. The van der Waals surface area contributed by atoms with E-state index in [2.05, 4.69) is 19.1 Å². The van der Waals surface area contributed by atoms with Gasteiger partial charge in [0.15, 0.2) is 0 Å². The van der Waals surface area contributed by atoms with Crippen LogP contribution in [0.25, 0.3) is 0 Å². The summed E-state index contributed by atoms with van der Waals surface area (Å²) in [6.07, 6.45) is 10.4. The number of fused-ring (bicyclic) bond motifs is 5. The third-order valence-corrected chi connectivity index (χ3v) is 6.84. The number of allylic oxidation sites excluding steroid dienone is 1. The number of aromatic hydroxyl groups is 1. The van der Waals surface area contributed by atoms with Crippen molar-refractivity contribution in [1.82, 2.24) is 0 Å². The van der Waals surface area contributed by atoms with Crippen LogP contribution in [-0.4, -0.2) is 16.8 Å². The predicted octanol–water partition coefficient (Wildman–Crippen LogP) is 4.34. The molecule has 124 valence electrons. The molecule has 1 aromatic rings. The SMILES string of the molecule is CCc1cc2c(cc1O)CCC1C2CCC2/C(=C\CO)CCC21. The van der Waals surface area contributed by atoms with Gasteiger partial charge in [-0.15, -0.1) is 0 Å². The minimum absolute atomic E-state index is 0.203. The van der Waals surface area contributed by atoms with Gasteiger partial charge in [-0.25, -0.2) is 0 Å². The van der Waals surface area contributed by atoms with E-state index < -0.39 is 0 Å². The lowest BCUT2D eigenvalue weighted by molar-refractivity contribution is 0.148. The Kier molecular flexibility index (Phi) is 3.96. The van der Waals surface area contributed by atoms with Gasteiger partial charge in [-0.05, 0) is 91.4 Å². The van der Waals surface area contributed by atoms with Crippen molar-refractivity contribution in [1.29, 1.82) is 0 Å². The lowest BCUT2D eigenvalue weighted by Crippen LogP contribution is -2.34. The summed E-state index contributed by atoms with van der Waals surface area (Å²) in [7, 11) is 0. The van der Waals surface area contributed by atoms with Crippen LogP contribution in [0.5, 0.6) is 5.75 Å². The van der Waals surface area contributed by atoms with Crippen LogP contribution < -0.4 is 0 Å². The van der Waals surface area contributed by atoms with Gasteiger partial charge in [0, 0.05) is 0 Å². The number of aryl methyl sites for hydroxylation is 2. The van der Waals surface area contributed by atoms with E-state index >= 15 is 0 Å². The zero-order valence-electron chi connectivity index (χ0n) is 14.1. The zero-order chi connectivity index (χ0) is 16.0. The van der Waals surface area contributed by atoms with Crippen molar-refractivity contribution in [3.8, 4) is 5.75 Å². The van der Waals surface area contributed by atoms with Crippen LogP contribution >= 0.6 is 0 Å². The first-order valence-electron chi connectivity index (χ1n) is 9.37. The average Bonchev–Trinajstić information content (AvgIpc) is 2.97. The molecule has 0 heterocycles. The van der Waals surface area contributed by atoms with Gasteiger partial charge in [-0.1, -0.05) is 24.6 Å². The molecular weight excluding hydrogens is 284 g/mol. The smallest absolute Gasteiger partial charge is 0.119 e. The van der Waals surface area contributed by atoms with Crippen molar-refractivity contribution in [3.05, 3.63) is 40.5 Å². The molecule has 0 spiro atoms. The molecule has 0 aromatic heterocycles. The second-order valence-corrected chi connectivity index (χ2v) is 7.69. The Bertz CT molecular complexity index is 631. The molecule has 0 saturated heterocycles. The summed E-state index contributed by atoms with van der Waals surface area (Å²) in [5.41, 5.74) is 5.57. The monoisotopic (exact) mass is 312 g/mol. The minimum atomic E-state index is 0.203. The highest BCUT2D eigenvalue weighted by molar-refractivity contribution is 5.45. The number of hydrogen-bond acceptors (Lipinski definition) is 2. The summed E-state index contributed by atoms with van der Waals surface area (Å²) in [4.78, 5) is 0. The number of phenolic OH excluding ortho intramolecular Hbond substituents is 1. The largest absolute Gasteiger partial charge is 0.508 e. The summed E-state index contributed by atoms with van der Waals surface area (Å²) >= 11 is 0. The first-order valence-corrected chi connectivity index (χ1v) is 9.37. The van der Waals surface area contributed by atoms with Crippen molar-refractivity contribution >= 4 is 0 Å². The molecule has 3 aliphatic carbocycles. The molecule has 3 aliphatic rings. The average molecular weight is 312 g/mol. The maximum atomic E-state index is 10.2. The molecule has 2 N–H and O–H groups in total. The van der Waals surface area contributed by atoms with Crippen LogP contribution in [0.15, 0.2) is 23.8 Å². The fraction of sp³-hybridized carbons (Fsp3) is 0.619. The zero-order valence-corrected chi connectivity index (χ0v) is 14.1. The van der Waals surface area contributed by atoms with E-state index in [4.69, 9.17) is 0 Å². The molecule has 4 rings (SSSR count). The predicted molar refractivity (Wildman–Crippen MR) is 92.7 cm³/mol. The normalized spacial score (nSPS) is 34.1. The number of aliphatic hydroxyl groups is 1. The lowest BCUT2D eigenvalue weighted by atomic mass is 9.60. The number of benzene rings is 1. The number of rotatable bonds is 2. The second kappa shape index (κ2) is 5.98. The topological polar surface area (TPSA) is 40.5 Å². The van der Waals surface area contributed by atoms with E-state index in [0.717, 1.165) is 36.2 Å².